The first-order chi connectivity index (χ1) is 35.8. The third kappa shape index (κ3) is 16.1. The Morgan fingerprint density at radius 1 is 0.684 bits per heavy atom. The molecule has 76 heavy (non-hydrogen) atoms. The summed E-state index contributed by atoms with van der Waals surface area (Å²) in [5.41, 5.74) is 12.2. The minimum Gasteiger partial charge on any atom is -0.481 e. The van der Waals surface area contributed by atoms with E-state index in [1.54, 1.807) is 13.8 Å². The van der Waals surface area contributed by atoms with Gasteiger partial charge in [-0.3, -0.25) is 33.3 Å². The van der Waals surface area contributed by atoms with E-state index >= 15 is 0 Å². The first-order valence-electron chi connectivity index (χ1n) is 25.1. The van der Waals surface area contributed by atoms with Crippen LogP contribution in [0.5, 0.6) is 0 Å². The molecule has 18 nitrogen and oxygen atoms in total. The number of imidazole rings is 1. The summed E-state index contributed by atoms with van der Waals surface area (Å²) in [4.78, 5) is 87.1. The molecule has 0 aromatic carbocycles. The average molecular weight is 1050 g/mol. The lowest BCUT2D eigenvalue weighted by molar-refractivity contribution is -0.159. The standard InChI is InChI=1S/C58H71N5O13/c1-34(17-13-19-36(3)21-23-40-38(5)50(69)42(29-57(40,7)8)74-47(67)26-25-45(64)65)15-11-12-16-35(2)18-14-20-37(4)22-24-41-39(6)51(70)43(30-58(41,9)10)75-48(68)28-27-46(66)73-31-44-52(71)53(72)56(76-44)63-33-62-49-54(59)60-32-61-55(49)63/h11-24,32-33,42-44,52-53,56,71-72H,25-31H2,1-10H3,(H,64,65)(H2,59,60,61)/b12-11+,17-13+,18-14+,23-21+,24-22+,34-15+,35-16+,36-19+,37-20+. The minimum absolute atomic E-state index is 0.132. The van der Waals surface area contributed by atoms with Crippen molar-refractivity contribution in [2.24, 2.45) is 10.8 Å². The highest BCUT2D eigenvalue weighted by Crippen LogP contribution is 2.42. The lowest BCUT2D eigenvalue weighted by Crippen LogP contribution is -2.39. The van der Waals surface area contributed by atoms with Crippen LogP contribution in [0, 0.1) is 10.8 Å². The van der Waals surface area contributed by atoms with Crippen molar-refractivity contribution < 1.29 is 63.0 Å². The van der Waals surface area contributed by atoms with Gasteiger partial charge in [-0.05, 0) is 74.7 Å². The Morgan fingerprint density at radius 3 is 1.64 bits per heavy atom. The minimum atomic E-state index is -1.41. The van der Waals surface area contributed by atoms with Gasteiger partial charge in [-0.1, -0.05) is 135 Å². The zero-order chi connectivity index (χ0) is 56.1. The van der Waals surface area contributed by atoms with Crippen molar-refractivity contribution >= 4 is 52.4 Å². The largest absolute Gasteiger partial charge is 0.481 e. The molecule has 3 aliphatic rings. The van der Waals surface area contributed by atoms with Crippen LogP contribution in [0.3, 0.4) is 0 Å². The lowest BCUT2D eigenvalue weighted by Gasteiger charge is -2.36. The molecule has 1 fully saturated rings. The first-order valence-corrected chi connectivity index (χ1v) is 25.1. The first kappa shape index (κ1) is 59.5. The maximum atomic E-state index is 13.4. The number of fused-ring (bicyclic) bond motifs is 1. The summed E-state index contributed by atoms with van der Waals surface area (Å²) in [6, 6.07) is 0. The second kappa shape index (κ2) is 26.4. The fraction of sp³-hybridized carbons (Fsp3) is 0.431. The van der Waals surface area contributed by atoms with Gasteiger partial charge in [-0.15, -0.1) is 0 Å². The molecule has 5 rings (SSSR count). The van der Waals surface area contributed by atoms with Gasteiger partial charge in [0, 0.05) is 12.8 Å². The molecule has 1 saturated heterocycles. The number of allylic oxidation sites excluding steroid dienone is 20. The summed E-state index contributed by atoms with van der Waals surface area (Å²) in [5.74, 6) is -3.74. The van der Waals surface area contributed by atoms with Crippen molar-refractivity contribution in [2.45, 2.75) is 145 Å². The maximum absolute atomic E-state index is 13.4. The van der Waals surface area contributed by atoms with E-state index < -0.39 is 78.1 Å². The molecule has 0 spiro atoms. The molecule has 406 valence electrons. The van der Waals surface area contributed by atoms with E-state index in [2.05, 4.69) is 15.0 Å². The number of anilines is 1. The number of rotatable bonds is 21. The number of carbonyl (C=O) groups excluding carboxylic acids is 5. The number of nitrogen functional groups attached to an aromatic ring is 1. The van der Waals surface area contributed by atoms with Crippen LogP contribution >= 0.6 is 0 Å². The van der Waals surface area contributed by atoms with Crippen molar-refractivity contribution in [1.82, 2.24) is 19.5 Å². The number of nitrogens with two attached hydrogens (primary N) is 1. The van der Waals surface area contributed by atoms with E-state index in [-0.39, 0.29) is 55.1 Å². The molecule has 1 aliphatic heterocycles. The van der Waals surface area contributed by atoms with Gasteiger partial charge in [0.05, 0.1) is 32.0 Å². The summed E-state index contributed by atoms with van der Waals surface area (Å²) in [5, 5.41) is 30.1. The Balaban J connectivity index is 1.05. The van der Waals surface area contributed by atoms with Gasteiger partial charge in [-0.2, -0.15) is 0 Å². The SMILES string of the molecule is CC1=C(/C=C/C(C)=C/C=C/C(C)=C/C=C/C=C(C)/C=C/C=C(C)/C=C/C2=C(C)C(=O)C(OC(=O)CCC(=O)OCC3OC(n4cnc5c(N)ncnc54)C(O)C3O)CC2(C)C)C(C)(C)CC(OC(=O)CCC(=O)O)C1=O. The van der Waals surface area contributed by atoms with Gasteiger partial charge in [0.15, 0.2) is 41.5 Å². The van der Waals surface area contributed by atoms with E-state index in [0.717, 1.165) is 33.4 Å². The van der Waals surface area contributed by atoms with Gasteiger partial charge < -0.3 is 40.0 Å². The van der Waals surface area contributed by atoms with Gasteiger partial charge in [0.1, 0.15) is 36.8 Å². The van der Waals surface area contributed by atoms with Gasteiger partial charge in [0.2, 0.25) is 0 Å². The summed E-state index contributed by atoms with van der Waals surface area (Å²) in [6.45, 7) is 18.9. The monoisotopic (exact) mass is 1050 g/mol. The molecule has 6 unspecified atom stereocenters. The summed E-state index contributed by atoms with van der Waals surface area (Å²) >= 11 is 0. The highest BCUT2D eigenvalue weighted by molar-refractivity contribution is 6.02. The second-order valence-corrected chi connectivity index (χ2v) is 20.6. The van der Waals surface area contributed by atoms with E-state index in [0.29, 0.717) is 23.1 Å². The topological polar surface area (TPSA) is 270 Å². The fourth-order valence-corrected chi connectivity index (χ4v) is 9.01. The predicted octanol–water partition coefficient (Wildman–Crippen LogP) is 8.24. The van der Waals surface area contributed by atoms with Crippen molar-refractivity contribution in [2.75, 3.05) is 12.3 Å². The summed E-state index contributed by atoms with van der Waals surface area (Å²) in [6.07, 6.45) is 22.4. The summed E-state index contributed by atoms with van der Waals surface area (Å²) < 4.78 is 23.4. The number of hydrogen-bond donors (Lipinski definition) is 4. The van der Waals surface area contributed by atoms with E-state index in [9.17, 15) is 39.0 Å². The number of ether oxygens (including phenoxy) is 4. The van der Waals surface area contributed by atoms with Gasteiger partial charge >= 0.3 is 23.9 Å². The Kier molecular flexibility index (Phi) is 20.6. The van der Waals surface area contributed by atoms with E-state index in [1.807, 2.05) is 140 Å². The molecule has 2 aromatic heterocycles. The highest BCUT2D eigenvalue weighted by atomic mass is 16.6. The Bertz CT molecular complexity index is 2920. The third-order valence-corrected chi connectivity index (χ3v) is 13.3. The number of aliphatic hydroxyl groups excluding tert-OH is 2. The van der Waals surface area contributed by atoms with Crippen molar-refractivity contribution in [3.05, 3.63) is 142 Å². The number of aliphatic hydroxyl groups is 2. The molecular formula is C58H71N5O13. The molecule has 3 heterocycles. The Labute approximate surface area is 443 Å². The van der Waals surface area contributed by atoms with Crippen LogP contribution in [0.15, 0.2) is 142 Å². The number of ketones is 2. The smallest absolute Gasteiger partial charge is 0.307 e. The fourth-order valence-electron chi connectivity index (χ4n) is 9.01. The lowest BCUT2D eigenvalue weighted by atomic mass is 9.71. The number of esters is 3. The molecule has 0 radical (unpaired) electrons. The second-order valence-electron chi connectivity index (χ2n) is 20.6. The number of hydrogen-bond acceptors (Lipinski definition) is 16. The zero-order valence-electron chi connectivity index (χ0n) is 44.9. The Hall–Kier alpha value is -7.41. The van der Waals surface area contributed by atoms with Gasteiger partial charge in [0.25, 0.3) is 0 Å². The van der Waals surface area contributed by atoms with Crippen LogP contribution in [-0.2, 0) is 47.7 Å². The number of carboxylic acids is 1. The van der Waals surface area contributed by atoms with Crippen molar-refractivity contribution in [3.63, 3.8) is 0 Å². The van der Waals surface area contributed by atoms with Crippen LogP contribution in [0.1, 0.15) is 114 Å². The third-order valence-electron chi connectivity index (χ3n) is 13.3. The molecule has 2 aliphatic carbocycles. The molecule has 6 atom stereocenters. The number of carbonyl (C=O) groups is 6. The number of aliphatic carboxylic acids is 1. The van der Waals surface area contributed by atoms with Crippen LogP contribution in [0.25, 0.3) is 11.2 Å². The molecule has 18 heteroatoms. The Morgan fingerprint density at radius 2 is 1.14 bits per heavy atom. The highest BCUT2D eigenvalue weighted by Gasteiger charge is 2.45. The molecule has 0 bridgehead atoms. The number of carboxylic acid groups (broad SMARTS) is 1. The zero-order valence-corrected chi connectivity index (χ0v) is 44.9. The quantitative estimate of drug-likeness (QED) is 0.0521. The number of nitrogens with zero attached hydrogens (tertiary/aromatic N) is 4. The van der Waals surface area contributed by atoms with Crippen LogP contribution in [-0.4, -0.2) is 107 Å². The molecular weight excluding hydrogens is 975 g/mol. The molecule has 0 amide bonds. The normalized spacial score (nSPS) is 23.9. The molecule has 2 aromatic rings. The van der Waals surface area contributed by atoms with Gasteiger partial charge in [-0.25, -0.2) is 15.0 Å². The van der Waals surface area contributed by atoms with Crippen LogP contribution < -0.4 is 5.73 Å². The van der Waals surface area contributed by atoms with Crippen molar-refractivity contribution in [1.29, 1.82) is 0 Å². The predicted molar refractivity (Wildman–Crippen MR) is 285 cm³/mol. The molecule has 0 saturated carbocycles. The van der Waals surface area contributed by atoms with Crippen LogP contribution in [0.4, 0.5) is 5.82 Å². The van der Waals surface area contributed by atoms with E-state index in [1.165, 1.54) is 17.2 Å². The number of aromatic nitrogens is 4. The maximum Gasteiger partial charge on any atom is 0.307 e. The van der Waals surface area contributed by atoms with E-state index in [4.69, 9.17) is 29.8 Å². The summed E-state index contributed by atoms with van der Waals surface area (Å²) in [7, 11) is 0. The average Bonchev–Trinajstić information content (AvgIpc) is 3.91. The number of Topliss-reactive ketones (excluding diaryl/α,β-unsaturated/α-hetero) is 2. The molecule has 5 N–H and O–H groups in total. The van der Waals surface area contributed by atoms with Crippen LogP contribution in [0.2, 0.25) is 0 Å². The van der Waals surface area contributed by atoms with Crippen molar-refractivity contribution in [3.8, 4) is 0 Å².